The van der Waals surface area contributed by atoms with Crippen LogP contribution in [0.5, 0.6) is 0 Å². The van der Waals surface area contributed by atoms with E-state index in [-0.39, 0.29) is 11.8 Å². The van der Waals surface area contributed by atoms with Crippen molar-refractivity contribution in [2.75, 3.05) is 0 Å². The Kier molecular flexibility index (Phi) is 4.69. The molecule has 1 aromatic heterocycles. The van der Waals surface area contributed by atoms with Gasteiger partial charge in [-0.2, -0.15) is 0 Å². The van der Waals surface area contributed by atoms with Crippen molar-refractivity contribution in [1.82, 2.24) is 15.5 Å². The number of carbonyl (C=O) groups excluding carboxylic acids is 1. The van der Waals surface area contributed by atoms with Crippen LogP contribution in [0, 0.1) is 11.8 Å². The van der Waals surface area contributed by atoms with Crippen molar-refractivity contribution in [3.05, 3.63) is 34.1 Å². The molecule has 3 unspecified atom stereocenters. The van der Waals surface area contributed by atoms with Gasteiger partial charge < -0.3 is 9.73 Å². The van der Waals surface area contributed by atoms with Crippen molar-refractivity contribution < 1.29 is 9.21 Å². The average molecular weight is 380 g/mol. The van der Waals surface area contributed by atoms with Crippen molar-refractivity contribution >= 4 is 29.1 Å². The van der Waals surface area contributed by atoms with E-state index in [2.05, 4.69) is 15.5 Å². The van der Waals surface area contributed by atoms with Crippen LogP contribution in [0.15, 0.2) is 22.6 Å². The molecule has 7 heteroatoms. The van der Waals surface area contributed by atoms with Gasteiger partial charge >= 0.3 is 0 Å². The lowest BCUT2D eigenvalue weighted by molar-refractivity contribution is -0.130. The van der Waals surface area contributed by atoms with Crippen molar-refractivity contribution in [2.45, 2.75) is 44.6 Å². The Hall–Kier alpha value is -1.59. The highest BCUT2D eigenvalue weighted by Gasteiger charge is 2.37. The number of amides is 1. The molecular weight excluding hydrogens is 361 g/mol. The van der Waals surface area contributed by atoms with Gasteiger partial charge in [-0.1, -0.05) is 36.0 Å². The monoisotopic (exact) mass is 379 g/mol. The minimum Gasteiger partial charge on any atom is -0.421 e. The van der Waals surface area contributed by atoms with Gasteiger partial charge in [0.1, 0.15) is 0 Å². The molecule has 2 fully saturated rings. The maximum Gasteiger partial charge on any atom is 0.249 e. The molecular formula is C18H19Cl2N3O2. The quantitative estimate of drug-likeness (QED) is 0.863. The van der Waals surface area contributed by atoms with E-state index in [1.54, 1.807) is 18.2 Å². The first-order chi connectivity index (χ1) is 12.1. The molecule has 0 spiro atoms. The molecule has 1 saturated carbocycles. The summed E-state index contributed by atoms with van der Waals surface area (Å²) in [6.45, 7) is 0. The Morgan fingerprint density at radius 1 is 1.20 bits per heavy atom. The lowest BCUT2D eigenvalue weighted by atomic mass is 9.75. The van der Waals surface area contributed by atoms with Gasteiger partial charge in [0, 0.05) is 23.4 Å². The zero-order valence-corrected chi connectivity index (χ0v) is 15.2. The Balaban J connectivity index is 1.49. The fourth-order valence-corrected chi connectivity index (χ4v) is 4.32. The van der Waals surface area contributed by atoms with Crippen molar-refractivity contribution in [1.29, 1.82) is 0 Å². The van der Waals surface area contributed by atoms with Gasteiger partial charge in [-0.15, -0.1) is 10.2 Å². The van der Waals surface area contributed by atoms with Crippen molar-refractivity contribution in [3.63, 3.8) is 0 Å². The molecule has 1 aromatic carbocycles. The van der Waals surface area contributed by atoms with Crippen LogP contribution in [0.2, 0.25) is 10.0 Å². The highest BCUT2D eigenvalue weighted by Crippen LogP contribution is 2.35. The van der Waals surface area contributed by atoms with Crippen LogP contribution in [0.4, 0.5) is 0 Å². The lowest BCUT2D eigenvalue weighted by Crippen LogP contribution is -2.51. The van der Waals surface area contributed by atoms with E-state index in [1.807, 2.05) is 0 Å². The summed E-state index contributed by atoms with van der Waals surface area (Å²) < 4.78 is 5.75. The molecule has 1 aliphatic carbocycles. The summed E-state index contributed by atoms with van der Waals surface area (Å²) in [7, 11) is 0. The van der Waals surface area contributed by atoms with E-state index in [1.165, 1.54) is 19.3 Å². The second-order valence-corrected chi connectivity index (χ2v) is 7.77. The molecule has 132 valence electrons. The number of nitrogens with one attached hydrogen (secondary N) is 1. The number of hydrogen-bond acceptors (Lipinski definition) is 4. The van der Waals surface area contributed by atoms with Gasteiger partial charge in [0.25, 0.3) is 0 Å². The van der Waals surface area contributed by atoms with Gasteiger partial charge in [0.15, 0.2) is 0 Å². The minimum absolute atomic E-state index is 0.101. The van der Waals surface area contributed by atoms with Crippen LogP contribution in [0.1, 0.15) is 38.0 Å². The number of aromatic nitrogens is 2. The molecule has 5 nitrogen and oxygen atoms in total. The molecule has 0 radical (unpaired) electrons. The second kappa shape index (κ2) is 6.96. The van der Waals surface area contributed by atoms with Gasteiger partial charge in [0.05, 0.1) is 10.6 Å². The number of nitrogens with zero attached hydrogens (tertiary/aromatic N) is 2. The Bertz CT molecular complexity index is 792. The fourth-order valence-electron chi connectivity index (χ4n) is 3.95. The predicted molar refractivity (Wildman–Crippen MR) is 95.5 cm³/mol. The summed E-state index contributed by atoms with van der Waals surface area (Å²) in [6.07, 6.45) is 6.10. The van der Waals surface area contributed by atoms with Crippen LogP contribution in [-0.2, 0) is 11.2 Å². The topological polar surface area (TPSA) is 68.0 Å². The zero-order chi connectivity index (χ0) is 17.4. The fraction of sp³-hybridized carbons (Fsp3) is 0.500. The van der Waals surface area contributed by atoms with E-state index >= 15 is 0 Å². The average Bonchev–Trinajstić information content (AvgIpc) is 3.06. The zero-order valence-electron chi connectivity index (χ0n) is 13.7. The summed E-state index contributed by atoms with van der Waals surface area (Å²) >= 11 is 12.2. The van der Waals surface area contributed by atoms with Crippen molar-refractivity contribution in [2.24, 2.45) is 11.8 Å². The second-order valence-electron chi connectivity index (χ2n) is 6.92. The van der Waals surface area contributed by atoms with Gasteiger partial charge in [-0.05, 0) is 43.4 Å². The summed E-state index contributed by atoms with van der Waals surface area (Å²) in [5.41, 5.74) is 0.605. The van der Waals surface area contributed by atoms with E-state index in [0.717, 1.165) is 12.8 Å². The first-order valence-electron chi connectivity index (χ1n) is 8.68. The van der Waals surface area contributed by atoms with Crippen LogP contribution in [-0.4, -0.2) is 22.1 Å². The van der Waals surface area contributed by atoms with Crippen LogP contribution >= 0.6 is 23.2 Å². The number of fused-ring (bicyclic) bond motifs is 1. The smallest absolute Gasteiger partial charge is 0.249 e. The van der Waals surface area contributed by atoms with Crippen molar-refractivity contribution in [3.8, 4) is 11.5 Å². The molecule has 4 rings (SSSR count). The number of piperidine rings is 1. The molecule has 3 atom stereocenters. The first kappa shape index (κ1) is 16.9. The highest BCUT2D eigenvalue weighted by molar-refractivity contribution is 6.35. The molecule has 2 aromatic rings. The lowest BCUT2D eigenvalue weighted by Gasteiger charge is -2.39. The third-order valence-corrected chi connectivity index (χ3v) is 5.81. The third-order valence-electron chi connectivity index (χ3n) is 5.24. The van der Waals surface area contributed by atoms with E-state index in [9.17, 15) is 4.79 Å². The summed E-state index contributed by atoms with van der Waals surface area (Å²) in [4.78, 5) is 12.4. The van der Waals surface area contributed by atoms with E-state index < -0.39 is 0 Å². The summed E-state index contributed by atoms with van der Waals surface area (Å²) in [5, 5.41) is 12.4. The maximum atomic E-state index is 12.4. The highest BCUT2D eigenvalue weighted by atomic mass is 35.5. The predicted octanol–water partition coefficient (Wildman–Crippen LogP) is 4.28. The number of benzene rings is 1. The third kappa shape index (κ3) is 3.53. The molecule has 1 saturated heterocycles. The Morgan fingerprint density at radius 2 is 2.04 bits per heavy atom. The SMILES string of the molecule is O=C1NC2CCCCC2CC1Cc1nnc(-c2cc(Cl)ccc2Cl)o1. The molecule has 1 N–H and O–H groups in total. The molecule has 1 amide bonds. The van der Waals surface area contributed by atoms with E-state index in [0.29, 0.717) is 45.8 Å². The number of rotatable bonds is 3. The Morgan fingerprint density at radius 3 is 2.92 bits per heavy atom. The van der Waals surface area contributed by atoms with Crippen LogP contribution in [0.25, 0.3) is 11.5 Å². The normalized spacial score (nSPS) is 26.2. The molecule has 2 aliphatic rings. The van der Waals surface area contributed by atoms with Crippen LogP contribution in [0.3, 0.4) is 0 Å². The Labute approximate surface area is 156 Å². The van der Waals surface area contributed by atoms with Gasteiger partial charge in [0.2, 0.25) is 17.7 Å². The maximum absolute atomic E-state index is 12.4. The number of hydrogen-bond donors (Lipinski definition) is 1. The molecule has 1 aliphatic heterocycles. The van der Waals surface area contributed by atoms with E-state index in [4.69, 9.17) is 27.6 Å². The van der Waals surface area contributed by atoms with Crippen LogP contribution < -0.4 is 5.32 Å². The summed E-state index contributed by atoms with van der Waals surface area (Å²) in [5.74, 6) is 1.35. The largest absolute Gasteiger partial charge is 0.421 e. The van der Waals surface area contributed by atoms with Gasteiger partial charge in [-0.3, -0.25) is 4.79 Å². The molecule has 25 heavy (non-hydrogen) atoms. The molecule has 2 heterocycles. The summed E-state index contributed by atoms with van der Waals surface area (Å²) in [6, 6.07) is 5.45. The molecule has 0 bridgehead atoms. The van der Waals surface area contributed by atoms with Gasteiger partial charge in [-0.25, -0.2) is 0 Å². The standard InChI is InChI=1S/C18H19Cl2N3O2/c19-12-5-6-14(20)13(9-12)18-23-22-16(25-18)8-11-7-10-3-1-2-4-15(10)21-17(11)24/h5-6,9-11,15H,1-4,7-8H2,(H,21,24). The number of carbonyl (C=O) groups is 1. The first-order valence-corrected chi connectivity index (χ1v) is 9.44. The number of halogens is 2. The minimum atomic E-state index is -0.109.